The van der Waals surface area contributed by atoms with Gasteiger partial charge in [-0.25, -0.2) is 0 Å². The predicted molar refractivity (Wildman–Crippen MR) is 70.2 cm³/mol. The van der Waals surface area contributed by atoms with Gasteiger partial charge in [0.1, 0.15) is 0 Å². The summed E-state index contributed by atoms with van der Waals surface area (Å²) >= 11 is 0. The minimum atomic E-state index is 0.0626. The number of amides is 1. The van der Waals surface area contributed by atoms with Crippen LogP contribution in [-0.4, -0.2) is 43.3 Å². The molecule has 5 heteroatoms. The highest BCUT2D eigenvalue weighted by Gasteiger charge is 2.28. The molecule has 0 aliphatic carbocycles. The Morgan fingerprint density at radius 3 is 2.63 bits per heavy atom. The number of methoxy groups -OCH3 is 2. The number of benzene rings is 1. The smallest absolute Gasteiger partial charge is 0.223 e. The Bertz CT molecular complexity index is 461. The normalized spacial score (nSPS) is 18.8. The fourth-order valence-corrected chi connectivity index (χ4v) is 2.33. The third-order valence-electron chi connectivity index (χ3n) is 3.37. The van der Waals surface area contributed by atoms with E-state index in [0.29, 0.717) is 31.0 Å². The molecule has 0 spiro atoms. The molecule has 1 heterocycles. The molecule has 1 N–H and O–H groups in total. The monoisotopic (exact) mass is 265 g/mol. The number of likely N-dealkylation sites (tertiary alicyclic amines) is 1. The van der Waals surface area contributed by atoms with E-state index in [1.165, 1.54) is 0 Å². The Balaban J connectivity index is 2.09. The lowest BCUT2D eigenvalue weighted by molar-refractivity contribution is -0.128. The second kappa shape index (κ2) is 5.93. The van der Waals surface area contributed by atoms with E-state index in [9.17, 15) is 4.79 Å². The van der Waals surface area contributed by atoms with Gasteiger partial charge in [0.05, 0.1) is 14.2 Å². The number of ether oxygens (including phenoxy) is 2. The fourth-order valence-electron chi connectivity index (χ4n) is 2.33. The molecule has 1 aromatic carbocycles. The molecule has 0 saturated carbocycles. The largest absolute Gasteiger partial charge is 0.493 e. The molecule has 1 aromatic rings. The van der Waals surface area contributed by atoms with Crippen molar-refractivity contribution in [1.29, 1.82) is 0 Å². The molecule has 0 radical (unpaired) electrons. The Morgan fingerprint density at radius 2 is 2.05 bits per heavy atom. The number of aliphatic hydroxyl groups excluding tert-OH is 1. The van der Waals surface area contributed by atoms with Crippen LogP contribution in [0.25, 0.3) is 0 Å². The lowest BCUT2D eigenvalue weighted by atomic mass is 10.1. The maximum absolute atomic E-state index is 11.8. The van der Waals surface area contributed by atoms with E-state index in [1.807, 2.05) is 18.2 Å². The quantitative estimate of drug-likeness (QED) is 0.864. The van der Waals surface area contributed by atoms with Gasteiger partial charge in [-0.1, -0.05) is 6.07 Å². The number of carbonyl (C=O) groups excluding carboxylic acids is 1. The summed E-state index contributed by atoms with van der Waals surface area (Å²) in [5.74, 6) is 1.49. The van der Waals surface area contributed by atoms with E-state index in [4.69, 9.17) is 14.6 Å². The van der Waals surface area contributed by atoms with Gasteiger partial charge in [0, 0.05) is 32.0 Å². The Kier molecular flexibility index (Phi) is 4.27. The van der Waals surface area contributed by atoms with Gasteiger partial charge in [-0.3, -0.25) is 4.79 Å². The maximum Gasteiger partial charge on any atom is 0.223 e. The van der Waals surface area contributed by atoms with Crippen LogP contribution >= 0.6 is 0 Å². The van der Waals surface area contributed by atoms with Gasteiger partial charge in [-0.2, -0.15) is 0 Å². The highest BCUT2D eigenvalue weighted by Crippen LogP contribution is 2.29. The van der Waals surface area contributed by atoms with Crippen molar-refractivity contribution in [3.63, 3.8) is 0 Å². The second-order valence-electron chi connectivity index (χ2n) is 4.72. The van der Waals surface area contributed by atoms with Gasteiger partial charge in [0.2, 0.25) is 5.91 Å². The topological polar surface area (TPSA) is 59.0 Å². The van der Waals surface area contributed by atoms with Crippen molar-refractivity contribution >= 4 is 5.91 Å². The van der Waals surface area contributed by atoms with Gasteiger partial charge < -0.3 is 19.5 Å². The molecule has 19 heavy (non-hydrogen) atoms. The highest BCUT2D eigenvalue weighted by atomic mass is 16.5. The summed E-state index contributed by atoms with van der Waals surface area (Å²) < 4.78 is 10.4. The molecule has 1 amide bonds. The lowest BCUT2D eigenvalue weighted by Gasteiger charge is -2.17. The summed E-state index contributed by atoms with van der Waals surface area (Å²) in [4.78, 5) is 13.6. The number of carbonyl (C=O) groups is 1. The number of nitrogens with zero attached hydrogens (tertiary/aromatic N) is 1. The molecule has 0 unspecified atom stereocenters. The van der Waals surface area contributed by atoms with E-state index >= 15 is 0 Å². The van der Waals surface area contributed by atoms with Crippen LogP contribution in [0.5, 0.6) is 11.5 Å². The first-order valence-corrected chi connectivity index (χ1v) is 6.27. The van der Waals surface area contributed by atoms with Crippen molar-refractivity contribution in [2.75, 3.05) is 27.4 Å². The number of aliphatic hydroxyl groups is 1. The molecule has 1 fully saturated rings. The van der Waals surface area contributed by atoms with Crippen LogP contribution in [0.4, 0.5) is 0 Å². The number of rotatable bonds is 5. The molecule has 5 nitrogen and oxygen atoms in total. The summed E-state index contributed by atoms with van der Waals surface area (Å²) in [5.41, 5.74) is 0.990. The van der Waals surface area contributed by atoms with Crippen LogP contribution in [0.15, 0.2) is 18.2 Å². The van der Waals surface area contributed by atoms with Crippen LogP contribution in [0, 0.1) is 5.92 Å². The average molecular weight is 265 g/mol. The summed E-state index contributed by atoms with van der Waals surface area (Å²) in [5, 5.41) is 9.10. The van der Waals surface area contributed by atoms with Crippen molar-refractivity contribution < 1.29 is 19.4 Å². The van der Waals surface area contributed by atoms with E-state index in [1.54, 1.807) is 19.1 Å². The summed E-state index contributed by atoms with van der Waals surface area (Å²) in [6.45, 7) is 1.22. The van der Waals surface area contributed by atoms with E-state index in [2.05, 4.69) is 0 Å². The summed E-state index contributed by atoms with van der Waals surface area (Å²) in [6, 6.07) is 5.62. The lowest BCUT2D eigenvalue weighted by Crippen LogP contribution is -2.24. The Labute approximate surface area is 112 Å². The van der Waals surface area contributed by atoms with E-state index in [0.717, 1.165) is 5.56 Å². The average Bonchev–Trinajstić information content (AvgIpc) is 2.79. The van der Waals surface area contributed by atoms with Crippen LogP contribution in [-0.2, 0) is 11.3 Å². The Morgan fingerprint density at radius 1 is 1.32 bits per heavy atom. The number of hydrogen-bond donors (Lipinski definition) is 1. The van der Waals surface area contributed by atoms with Crippen molar-refractivity contribution in [3.05, 3.63) is 23.8 Å². The molecule has 2 rings (SSSR count). The van der Waals surface area contributed by atoms with Crippen LogP contribution in [0.3, 0.4) is 0 Å². The van der Waals surface area contributed by atoms with Crippen LogP contribution in [0.2, 0.25) is 0 Å². The second-order valence-corrected chi connectivity index (χ2v) is 4.72. The molecule has 1 aliphatic heterocycles. The van der Waals surface area contributed by atoms with Crippen molar-refractivity contribution in [1.82, 2.24) is 4.90 Å². The maximum atomic E-state index is 11.8. The van der Waals surface area contributed by atoms with Gasteiger partial charge >= 0.3 is 0 Å². The first-order chi connectivity index (χ1) is 9.17. The van der Waals surface area contributed by atoms with E-state index < -0.39 is 0 Å². The fraction of sp³-hybridized carbons (Fsp3) is 0.500. The molecular formula is C14H19NO4. The molecular weight excluding hydrogens is 246 g/mol. The number of hydrogen-bond acceptors (Lipinski definition) is 4. The van der Waals surface area contributed by atoms with Crippen molar-refractivity contribution in [2.24, 2.45) is 5.92 Å². The first-order valence-electron chi connectivity index (χ1n) is 6.27. The molecule has 0 bridgehead atoms. The minimum absolute atomic E-state index is 0.0626. The summed E-state index contributed by atoms with van der Waals surface area (Å²) in [7, 11) is 3.18. The zero-order chi connectivity index (χ0) is 13.8. The molecule has 1 atom stereocenters. The standard InChI is InChI=1S/C14H19NO4/c1-18-12-4-3-10(5-13(12)19-2)7-15-8-11(9-16)6-14(15)17/h3-5,11,16H,6-9H2,1-2H3/t11-/m0/s1. The first kappa shape index (κ1) is 13.7. The third kappa shape index (κ3) is 2.98. The molecule has 104 valence electrons. The van der Waals surface area contributed by atoms with Crippen LogP contribution in [0.1, 0.15) is 12.0 Å². The zero-order valence-corrected chi connectivity index (χ0v) is 11.3. The SMILES string of the molecule is COc1ccc(CN2C[C@@H](CO)CC2=O)cc1OC. The Hall–Kier alpha value is -1.75. The van der Waals surface area contributed by atoms with Gasteiger partial charge in [0.15, 0.2) is 11.5 Å². The molecule has 0 aromatic heterocycles. The zero-order valence-electron chi connectivity index (χ0n) is 11.3. The van der Waals surface area contributed by atoms with Crippen molar-refractivity contribution in [2.45, 2.75) is 13.0 Å². The highest BCUT2D eigenvalue weighted by molar-refractivity contribution is 5.78. The minimum Gasteiger partial charge on any atom is -0.493 e. The molecule has 1 aliphatic rings. The van der Waals surface area contributed by atoms with Gasteiger partial charge in [-0.05, 0) is 17.7 Å². The third-order valence-corrected chi connectivity index (χ3v) is 3.37. The molecule has 1 saturated heterocycles. The predicted octanol–water partition coefficient (Wildman–Crippen LogP) is 1.04. The van der Waals surface area contributed by atoms with Gasteiger partial charge in [-0.15, -0.1) is 0 Å². The van der Waals surface area contributed by atoms with Crippen LogP contribution < -0.4 is 9.47 Å². The van der Waals surface area contributed by atoms with E-state index in [-0.39, 0.29) is 18.4 Å². The summed E-state index contributed by atoms with van der Waals surface area (Å²) in [6.07, 6.45) is 0.434. The van der Waals surface area contributed by atoms with Gasteiger partial charge in [0.25, 0.3) is 0 Å². The van der Waals surface area contributed by atoms with Crippen molar-refractivity contribution in [3.8, 4) is 11.5 Å².